The average Bonchev–Trinajstić information content (AvgIpc) is 2.61. The molecule has 5 nitrogen and oxygen atoms in total. The number of ether oxygens (including phenoxy) is 3. The summed E-state index contributed by atoms with van der Waals surface area (Å²) in [6.45, 7) is 1.12. The number of benzene rings is 2. The summed E-state index contributed by atoms with van der Waals surface area (Å²) in [6.07, 6.45) is 0. The second-order valence-corrected chi connectivity index (χ2v) is 5.68. The lowest BCUT2D eigenvalue weighted by molar-refractivity contribution is -0.123. The first-order valence-corrected chi connectivity index (χ1v) is 7.97. The molecule has 0 atom stereocenters. The van der Waals surface area contributed by atoms with Gasteiger partial charge in [0.25, 0.3) is 5.91 Å². The first-order chi connectivity index (χ1) is 12.4. The van der Waals surface area contributed by atoms with Gasteiger partial charge in [0.05, 0.1) is 7.11 Å². The SMILES string of the molecule is COc1cc(CNC(=O)COc2ccc(C)c(C)c2)ccc1OC(F)F. The van der Waals surface area contributed by atoms with Crippen LogP contribution in [0.4, 0.5) is 8.78 Å². The van der Waals surface area contributed by atoms with Crippen LogP contribution in [0.15, 0.2) is 36.4 Å². The third kappa shape index (κ3) is 5.61. The zero-order valence-electron chi connectivity index (χ0n) is 14.8. The van der Waals surface area contributed by atoms with Crippen molar-refractivity contribution >= 4 is 5.91 Å². The fourth-order valence-electron chi connectivity index (χ4n) is 2.22. The van der Waals surface area contributed by atoms with Crippen LogP contribution in [-0.4, -0.2) is 26.2 Å². The van der Waals surface area contributed by atoms with Gasteiger partial charge in [0.1, 0.15) is 5.75 Å². The molecule has 0 saturated heterocycles. The second-order valence-electron chi connectivity index (χ2n) is 5.68. The Morgan fingerprint density at radius 1 is 1.08 bits per heavy atom. The van der Waals surface area contributed by atoms with E-state index in [4.69, 9.17) is 9.47 Å². The van der Waals surface area contributed by atoms with Gasteiger partial charge in [-0.05, 0) is 54.8 Å². The van der Waals surface area contributed by atoms with E-state index in [2.05, 4.69) is 10.1 Å². The van der Waals surface area contributed by atoms with Crippen molar-refractivity contribution < 1.29 is 27.8 Å². The van der Waals surface area contributed by atoms with Crippen LogP contribution >= 0.6 is 0 Å². The number of hydrogen-bond donors (Lipinski definition) is 1. The van der Waals surface area contributed by atoms with Gasteiger partial charge < -0.3 is 19.5 Å². The van der Waals surface area contributed by atoms with Crippen LogP contribution in [-0.2, 0) is 11.3 Å². The minimum atomic E-state index is -2.93. The zero-order chi connectivity index (χ0) is 19.1. The highest BCUT2D eigenvalue weighted by molar-refractivity contribution is 5.77. The molecule has 0 aliphatic heterocycles. The number of amides is 1. The smallest absolute Gasteiger partial charge is 0.387 e. The van der Waals surface area contributed by atoms with Crippen LogP contribution in [0.5, 0.6) is 17.2 Å². The number of hydrogen-bond acceptors (Lipinski definition) is 4. The summed E-state index contributed by atoms with van der Waals surface area (Å²) < 4.78 is 39.5. The van der Waals surface area contributed by atoms with Gasteiger partial charge in [0, 0.05) is 6.54 Å². The molecule has 0 heterocycles. The van der Waals surface area contributed by atoms with Crippen molar-refractivity contribution in [3.8, 4) is 17.2 Å². The maximum Gasteiger partial charge on any atom is 0.387 e. The molecule has 0 bridgehead atoms. The third-order valence-electron chi connectivity index (χ3n) is 3.78. The van der Waals surface area contributed by atoms with Crippen LogP contribution in [0, 0.1) is 13.8 Å². The van der Waals surface area contributed by atoms with Gasteiger partial charge in [-0.25, -0.2) is 0 Å². The summed E-state index contributed by atoms with van der Waals surface area (Å²) in [5, 5.41) is 2.70. The van der Waals surface area contributed by atoms with E-state index in [1.54, 1.807) is 6.07 Å². The lowest BCUT2D eigenvalue weighted by Gasteiger charge is -2.12. The summed E-state index contributed by atoms with van der Waals surface area (Å²) in [5.41, 5.74) is 2.92. The van der Waals surface area contributed by atoms with Crippen LogP contribution in [0.2, 0.25) is 0 Å². The predicted molar refractivity (Wildman–Crippen MR) is 92.9 cm³/mol. The molecule has 0 aromatic heterocycles. The summed E-state index contributed by atoms with van der Waals surface area (Å²) >= 11 is 0. The van der Waals surface area contributed by atoms with Crippen molar-refractivity contribution in [3.05, 3.63) is 53.1 Å². The van der Waals surface area contributed by atoms with E-state index >= 15 is 0 Å². The van der Waals surface area contributed by atoms with Crippen molar-refractivity contribution in [1.29, 1.82) is 0 Å². The summed E-state index contributed by atoms with van der Waals surface area (Å²) in [6, 6.07) is 10.1. The maximum atomic E-state index is 12.3. The molecule has 0 saturated carbocycles. The van der Waals surface area contributed by atoms with E-state index in [0.717, 1.165) is 11.1 Å². The van der Waals surface area contributed by atoms with E-state index in [9.17, 15) is 13.6 Å². The Bertz CT molecular complexity index is 765. The molecule has 2 aromatic rings. The van der Waals surface area contributed by atoms with Crippen molar-refractivity contribution in [3.63, 3.8) is 0 Å². The standard InChI is InChI=1S/C19H21F2NO4/c1-12-4-6-15(8-13(12)2)25-11-18(23)22-10-14-5-7-16(26-19(20)21)17(9-14)24-3/h4-9,19H,10-11H2,1-3H3,(H,22,23). The van der Waals surface area contributed by atoms with Gasteiger partial charge in [0.2, 0.25) is 0 Å². The van der Waals surface area contributed by atoms with Gasteiger partial charge >= 0.3 is 6.61 Å². The molecule has 1 N–H and O–H groups in total. The number of nitrogens with one attached hydrogen (secondary N) is 1. The Labute approximate surface area is 150 Å². The molecule has 2 rings (SSSR count). The van der Waals surface area contributed by atoms with E-state index in [1.165, 1.54) is 19.2 Å². The summed E-state index contributed by atoms with van der Waals surface area (Å²) in [5.74, 6) is 0.438. The second kappa shape index (κ2) is 9.03. The molecule has 0 unspecified atom stereocenters. The van der Waals surface area contributed by atoms with E-state index in [-0.39, 0.29) is 30.6 Å². The van der Waals surface area contributed by atoms with Gasteiger partial charge in [-0.15, -0.1) is 0 Å². The summed E-state index contributed by atoms with van der Waals surface area (Å²) in [7, 11) is 1.35. The first kappa shape index (κ1) is 19.5. The number of alkyl halides is 2. The van der Waals surface area contributed by atoms with Crippen LogP contribution in [0.1, 0.15) is 16.7 Å². The van der Waals surface area contributed by atoms with E-state index in [0.29, 0.717) is 11.3 Å². The number of aryl methyl sites for hydroxylation is 2. The van der Waals surface area contributed by atoms with Crippen LogP contribution in [0.3, 0.4) is 0 Å². The normalized spacial score (nSPS) is 10.5. The van der Waals surface area contributed by atoms with E-state index < -0.39 is 6.61 Å². The van der Waals surface area contributed by atoms with Gasteiger partial charge in [-0.1, -0.05) is 12.1 Å². The summed E-state index contributed by atoms with van der Waals surface area (Å²) in [4.78, 5) is 11.9. The molecule has 2 aromatic carbocycles. The number of carbonyl (C=O) groups is 1. The first-order valence-electron chi connectivity index (χ1n) is 7.97. The lowest BCUT2D eigenvalue weighted by Crippen LogP contribution is -2.28. The molecule has 0 fully saturated rings. The highest BCUT2D eigenvalue weighted by Crippen LogP contribution is 2.29. The molecule has 0 radical (unpaired) electrons. The molecule has 7 heteroatoms. The Morgan fingerprint density at radius 2 is 1.85 bits per heavy atom. The average molecular weight is 365 g/mol. The van der Waals surface area contributed by atoms with Crippen molar-refractivity contribution in [1.82, 2.24) is 5.32 Å². The molecule has 26 heavy (non-hydrogen) atoms. The van der Waals surface area contributed by atoms with Gasteiger partial charge in [-0.3, -0.25) is 4.79 Å². The van der Waals surface area contributed by atoms with Crippen molar-refractivity contribution in [2.45, 2.75) is 27.0 Å². The Morgan fingerprint density at radius 3 is 2.50 bits per heavy atom. The monoisotopic (exact) mass is 365 g/mol. The fraction of sp³-hybridized carbons (Fsp3) is 0.316. The van der Waals surface area contributed by atoms with Crippen molar-refractivity contribution in [2.24, 2.45) is 0 Å². The fourth-order valence-corrected chi connectivity index (χ4v) is 2.22. The minimum absolute atomic E-state index is 0.0596. The molecule has 1 amide bonds. The molecule has 140 valence electrons. The molecule has 0 spiro atoms. The number of halogens is 2. The third-order valence-corrected chi connectivity index (χ3v) is 3.78. The topological polar surface area (TPSA) is 56.8 Å². The zero-order valence-corrected chi connectivity index (χ0v) is 14.8. The number of carbonyl (C=O) groups excluding carboxylic acids is 1. The highest BCUT2D eigenvalue weighted by Gasteiger charge is 2.11. The molecule has 0 aliphatic carbocycles. The molecule has 0 aliphatic rings. The Hall–Kier alpha value is -2.83. The Kier molecular flexibility index (Phi) is 6.77. The largest absolute Gasteiger partial charge is 0.493 e. The van der Waals surface area contributed by atoms with Gasteiger partial charge in [0.15, 0.2) is 18.1 Å². The Balaban J connectivity index is 1.87. The lowest BCUT2D eigenvalue weighted by atomic mass is 10.1. The quantitative estimate of drug-likeness (QED) is 0.776. The van der Waals surface area contributed by atoms with E-state index in [1.807, 2.05) is 32.0 Å². The van der Waals surface area contributed by atoms with Crippen LogP contribution < -0.4 is 19.5 Å². The molecular weight excluding hydrogens is 344 g/mol. The van der Waals surface area contributed by atoms with Gasteiger partial charge in [-0.2, -0.15) is 8.78 Å². The number of methoxy groups -OCH3 is 1. The highest BCUT2D eigenvalue weighted by atomic mass is 19.3. The predicted octanol–water partition coefficient (Wildman–Crippen LogP) is 3.61. The van der Waals surface area contributed by atoms with Crippen molar-refractivity contribution in [2.75, 3.05) is 13.7 Å². The minimum Gasteiger partial charge on any atom is -0.493 e. The maximum absolute atomic E-state index is 12.3. The van der Waals surface area contributed by atoms with Crippen LogP contribution in [0.25, 0.3) is 0 Å². The number of rotatable bonds is 8. The molecular formula is C19H21F2NO4.